The first-order chi connectivity index (χ1) is 14.5. The summed E-state index contributed by atoms with van der Waals surface area (Å²) < 4.78 is 0. The van der Waals surface area contributed by atoms with Crippen molar-refractivity contribution in [2.45, 2.75) is 45.1 Å². The Hall–Kier alpha value is -2.48. The highest BCUT2D eigenvalue weighted by Gasteiger charge is 2.28. The van der Waals surface area contributed by atoms with Crippen LogP contribution in [-0.2, 0) is 28.9 Å². The molecule has 2 aromatic rings. The van der Waals surface area contributed by atoms with Crippen LogP contribution in [0.3, 0.4) is 0 Å². The Balaban J connectivity index is 1.42. The van der Waals surface area contributed by atoms with Crippen LogP contribution in [0, 0.1) is 0 Å². The van der Waals surface area contributed by atoms with Crippen LogP contribution in [-0.4, -0.2) is 70.9 Å². The number of rotatable bonds is 4. The Bertz CT molecular complexity index is 1030. The van der Waals surface area contributed by atoms with Crippen LogP contribution < -0.4 is 4.90 Å². The van der Waals surface area contributed by atoms with E-state index in [4.69, 9.17) is 9.97 Å². The molecule has 0 bridgehead atoms. The standard InChI is InChI=1S/C22H27N5O2S/c1-14(28)26-9-11-27(12-10-26)19(29)13-18-23-21(25(2)15-7-8-15)20-16-5-3-4-6-17(16)30-22(20)24-18/h7-8,15H,3-6,9-13H2,1-2H3. The first kappa shape index (κ1) is 19.5. The molecule has 0 saturated carbocycles. The highest BCUT2D eigenvalue weighted by Crippen LogP contribution is 2.40. The van der Waals surface area contributed by atoms with E-state index in [0.717, 1.165) is 23.5 Å². The predicted molar refractivity (Wildman–Crippen MR) is 118 cm³/mol. The zero-order valence-electron chi connectivity index (χ0n) is 17.6. The van der Waals surface area contributed by atoms with Gasteiger partial charge in [-0.3, -0.25) is 9.59 Å². The largest absolute Gasteiger partial charge is 0.349 e. The van der Waals surface area contributed by atoms with Crippen molar-refractivity contribution < 1.29 is 9.59 Å². The molecule has 0 unspecified atom stereocenters. The van der Waals surface area contributed by atoms with E-state index in [-0.39, 0.29) is 18.2 Å². The molecule has 0 aromatic carbocycles. The summed E-state index contributed by atoms with van der Waals surface area (Å²) in [7, 11) is 2.08. The number of hydrogen-bond acceptors (Lipinski definition) is 6. The SMILES string of the molecule is CC(=O)N1CCN(C(=O)Cc2nc(N(C)C3C=C3)c3c4c(sc3n2)CCCC4)CC1. The summed E-state index contributed by atoms with van der Waals surface area (Å²) in [5.41, 5.74) is 1.42. The van der Waals surface area contributed by atoms with Gasteiger partial charge in [0.1, 0.15) is 16.5 Å². The van der Waals surface area contributed by atoms with Gasteiger partial charge in [0, 0.05) is 45.0 Å². The molecule has 1 saturated heterocycles. The molecule has 8 heteroatoms. The van der Waals surface area contributed by atoms with E-state index in [1.165, 1.54) is 28.7 Å². The number of hydrogen-bond donors (Lipinski definition) is 0. The third-order valence-corrected chi connectivity index (χ3v) is 7.56. The van der Waals surface area contributed by atoms with Gasteiger partial charge >= 0.3 is 0 Å². The molecule has 3 heterocycles. The van der Waals surface area contributed by atoms with E-state index in [0.29, 0.717) is 38.0 Å². The fourth-order valence-corrected chi connectivity index (χ4v) is 5.76. The van der Waals surface area contributed by atoms with Crippen LogP contribution in [0.1, 0.15) is 36.0 Å². The monoisotopic (exact) mass is 425 g/mol. The number of fused-ring (bicyclic) bond motifs is 3. The number of thiophene rings is 1. The summed E-state index contributed by atoms with van der Waals surface area (Å²) >= 11 is 1.78. The zero-order valence-corrected chi connectivity index (χ0v) is 18.4. The molecule has 5 rings (SSSR count). The minimum absolute atomic E-state index is 0.0389. The van der Waals surface area contributed by atoms with Crippen LogP contribution in [0.2, 0.25) is 0 Å². The molecule has 2 aliphatic carbocycles. The van der Waals surface area contributed by atoms with Gasteiger partial charge < -0.3 is 14.7 Å². The summed E-state index contributed by atoms with van der Waals surface area (Å²) in [5, 5.41) is 1.19. The minimum Gasteiger partial charge on any atom is -0.349 e. The van der Waals surface area contributed by atoms with Gasteiger partial charge in [-0.2, -0.15) is 0 Å². The molecule has 0 spiro atoms. The Morgan fingerprint density at radius 2 is 1.80 bits per heavy atom. The number of carbonyl (C=O) groups excluding carboxylic acids is 2. The molecule has 7 nitrogen and oxygen atoms in total. The average Bonchev–Trinajstić information content (AvgIpc) is 3.53. The van der Waals surface area contributed by atoms with E-state index in [9.17, 15) is 9.59 Å². The highest BCUT2D eigenvalue weighted by atomic mass is 32.1. The van der Waals surface area contributed by atoms with Gasteiger partial charge in [-0.25, -0.2) is 9.97 Å². The topological polar surface area (TPSA) is 69.6 Å². The van der Waals surface area contributed by atoms with Gasteiger partial charge in [0.25, 0.3) is 0 Å². The van der Waals surface area contributed by atoms with Crippen LogP contribution in [0.5, 0.6) is 0 Å². The van der Waals surface area contributed by atoms with Crippen molar-refractivity contribution >= 4 is 39.2 Å². The second kappa shape index (κ2) is 7.65. The molecule has 158 valence electrons. The molecule has 0 radical (unpaired) electrons. The number of piperazine rings is 1. The molecule has 30 heavy (non-hydrogen) atoms. The molecular weight excluding hydrogens is 398 g/mol. The molecule has 1 fully saturated rings. The fraction of sp³-hybridized carbons (Fsp3) is 0.545. The first-order valence-electron chi connectivity index (χ1n) is 10.8. The van der Waals surface area contributed by atoms with Crippen molar-refractivity contribution in [3.63, 3.8) is 0 Å². The van der Waals surface area contributed by atoms with Crippen LogP contribution in [0.25, 0.3) is 10.2 Å². The first-order valence-corrected chi connectivity index (χ1v) is 11.6. The lowest BCUT2D eigenvalue weighted by atomic mass is 9.97. The highest BCUT2D eigenvalue weighted by molar-refractivity contribution is 7.19. The predicted octanol–water partition coefficient (Wildman–Crippen LogP) is 2.18. The van der Waals surface area contributed by atoms with E-state index in [1.807, 2.05) is 4.90 Å². The van der Waals surface area contributed by atoms with Gasteiger partial charge in [0.05, 0.1) is 17.8 Å². The molecule has 2 amide bonds. The van der Waals surface area contributed by atoms with Crippen LogP contribution in [0.4, 0.5) is 5.82 Å². The summed E-state index contributed by atoms with van der Waals surface area (Å²) in [6, 6.07) is 0.311. The summed E-state index contributed by atoms with van der Waals surface area (Å²) in [6.45, 7) is 3.92. The van der Waals surface area contributed by atoms with Crippen molar-refractivity contribution in [1.82, 2.24) is 19.8 Å². The molecule has 0 N–H and O–H groups in total. The third kappa shape index (κ3) is 3.57. The Morgan fingerprint density at radius 1 is 1.10 bits per heavy atom. The van der Waals surface area contributed by atoms with Crippen molar-refractivity contribution in [1.29, 1.82) is 0 Å². The lowest BCUT2D eigenvalue weighted by Crippen LogP contribution is -2.50. The Morgan fingerprint density at radius 3 is 2.50 bits per heavy atom. The number of nitrogens with zero attached hydrogens (tertiary/aromatic N) is 5. The van der Waals surface area contributed by atoms with Crippen LogP contribution in [0.15, 0.2) is 12.2 Å². The van der Waals surface area contributed by atoms with E-state index < -0.39 is 0 Å². The number of aromatic nitrogens is 2. The smallest absolute Gasteiger partial charge is 0.230 e. The number of carbonyl (C=O) groups is 2. The number of amides is 2. The zero-order chi connectivity index (χ0) is 20.8. The number of anilines is 1. The molecule has 1 aliphatic heterocycles. The minimum atomic E-state index is 0.0389. The maximum absolute atomic E-state index is 12.9. The maximum atomic E-state index is 12.9. The van der Waals surface area contributed by atoms with Crippen molar-refractivity contribution in [3.8, 4) is 0 Å². The number of aryl methyl sites for hydroxylation is 2. The van der Waals surface area contributed by atoms with Gasteiger partial charge in [-0.05, 0) is 31.2 Å². The van der Waals surface area contributed by atoms with Crippen LogP contribution >= 0.6 is 11.3 Å². The van der Waals surface area contributed by atoms with E-state index >= 15 is 0 Å². The number of likely N-dealkylation sites (N-methyl/N-ethyl adjacent to an activating group) is 1. The van der Waals surface area contributed by atoms with Gasteiger partial charge in [-0.15, -0.1) is 11.3 Å². The Kier molecular flexibility index (Phi) is 4.97. The fourth-order valence-electron chi connectivity index (χ4n) is 4.48. The quantitative estimate of drug-likeness (QED) is 0.703. The van der Waals surface area contributed by atoms with Crippen molar-refractivity contribution in [2.75, 3.05) is 38.1 Å². The van der Waals surface area contributed by atoms with Gasteiger partial charge in [0.2, 0.25) is 11.8 Å². The lowest BCUT2D eigenvalue weighted by molar-refractivity contribution is -0.138. The summed E-state index contributed by atoms with van der Waals surface area (Å²) in [5.74, 6) is 1.66. The second-order valence-corrected chi connectivity index (χ2v) is 9.49. The Labute approximate surface area is 180 Å². The van der Waals surface area contributed by atoms with E-state index in [1.54, 1.807) is 23.2 Å². The average molecular weight is 426 g/mol. The molecular formula is C22H27N5O2S. The third-order valence-electron chi connectivity index (χ3n) is 6.37. The molecule has 2 aromatic heterocycles. The van der Waals surface area contributed by atoms with Crippen molar-refractivity contribution in [2.24, 2.45) is 0 Å². The van der Waals surface area contributed by atoms with Gasteiger partial charge in [-0.1, -0.05) is 12.2 Å². The molecule has 0 atom stereocenters. The van der Waals surface area contributed by atoms with Crippen molar-refractivity contribution in [3.05, 3.63) is 28.4 Å². The normalized spacial score (nSPS) is 18.6. The van der Waals surface area contributed by atoms with E-state index in [2.05, 4.69) is 24.1 Å². The summed E-state index contributed by atoms with van der Waals surface area (Å²) in [6.07, 6.45) is 9.19. The van der Waals surface area contributed by atoms with Gasteiger partial charge in [0.15, 0.2) is 0 Å². The maximum Gasteiger partial charge on any atom is 0.230 e. The summed E-state index contributed by atoms with van der Waals surface area (Å²) in [4.78, 5) is 42.4. The second-order valence-electron chi connectivity index (χ2n) is 8.40. The molecule has 3 aliphatic rings. The lowest BCUT2D eigenvalue weighted by Gasteiger charge is -2.34.